The molecule has 5 heteroatoms. The largest absolute Gasteiger partial charge is 0.293 e. The van der Waals surface area contributed by atoms with Crippen molar-refractivity contribution in [3.63, 3.8) is 0 Å². The van der Waals surface area contributed by atoms with Crippen LogP contribution in [0.1, 0.15) is 0 Å². The third-order valence-corrected chi connectivity index (χ3v) is 0.900. The van der Waals surface area contributed by atoms with Gasteiger partial charge in [0.1, 0.15) is 6.61 Å². The SMILES string of the molecule is O=C1CONC(=O)C1F. The van der Waals surface area contributed by atoms with E-state index in [2.05, 4.69) is 4.84 Å². The predicted molar refractivity (Wildman–Crippen MR) is 24.0 cm³/mol. The Balaban J connectivity index is 2.62. The van der Waals surface area contributed by atoms with Crippen LogP contribution in [0.2, 0.25) is 0 Å². The summed E-state index contributed by atoms with van der Waals surface area (Å²) in [5.41, 5.74) is 1.73. The van der Waals surface area contributed by atoms with E-state index in [0.29, 0.717) is 0 Å². The van der Waals surface area contributed by atoms with E-state index in [1.165, 1.54) is 0 Å². The van der Waals surface area contributed by atoms with Crippen LogP contribution in [0.5, 0.6) is 0 Å². The maximum atomic E-state index is 12.1. The monoisotopic (exact) mass is 133 g/mol. The number of alkyl halides is 1. The zero-order chi connectivity index (χ0) is 6.85. The molecule has 0 aromatic carbocycles. The number of halogens is 1. The van der Waals surface area contributed by atoms with E-state index in [1.54, 1.807) is 5.48 Å². The Morgan fingerprint density at radius 2 is 2.33 bits per heavy atom. The number of nitrogens with one attached hydrogen (secondary N) is 1. The minimum Gasteiger partial charge on any atom is -0.293 e. The molecule has 0 saturated carbocycles. The standard InChI is InChI=1S/C4H4FNO3/c5-3-2(7)1-9-6-4(3)8/h3H,1H2,(H,6,8). The highest BCUT2D eigenvalue weighted by atomic mass is 19.1. The van der Waals surface area contributed by atoms with Gasteiger partial charge < -0.3 is 0 Å². The van der Waals surface area contributed by atoms with E-state index >= 15 is 0 Å². The maximum Gasteiger partial charge on any atom is 0.285 e. The van der Waals surface area contributed by atoms with Gasteiger partial charge in [0.25, 0.3) is 5.91 Å². The minimum atomic E-state index is -2.04. The molecular weight excluding hydrogens is 129 g/mol. The van der Waals surface area contributed by atoms with Crippen molar-refractivity contribution in [2.45, 2.75) is 6.17 Å². The van der Waals surface area contributed by atoms with E-state index in [1.807, 2.05) is 0 Å². The Morgan fingerprint density at radius 1 is 1.67 bits per heavy atom. The van der Waals surface area contributed by atoms with Gasteiger partial charge in [-0.1, -0.05) is 0 Å². The summed E-state index contributed by atoms with van der Waals surface area (Å²) in [6.07, 6.45) is -2.04. The van der Waals surface area contributed by atoms with Crippen molar-refractivity contribution >= 4 is 11.7 Å². The van der Waals surface area contributed by atoms with Crippen molar-refractivity contribution in [1.82, 2.24) is 5.48 Å². The number of carbonyl (C=O) groups excluding carboxylic acids is 2. The first-order valence-electron chi connectivity index (χ1n) is 2.30. The lowest BCUT2D eigenvalue weighted by Gasteiger charge is -2.13. The summed E-state index contributed by atoms with van der Waals surface area (Å²) in [4.78, 5) is 24.6. The summed E-state index contributed by atoms with van der Waals surface area (Å²) in [5, 5.41) is 0. The Kier molecular flexibility index (Phi) is 1.44. The number of hydrogen-bond donors (Lipinski definition) is 1. The van der Waals surface area contributed by atoms with Crippen molar-refractivity contribution < 1.29 is 18.8 Å². The van der Waals surface area contributed by atoms with E-state index in [0.717, 1.165) is 0 Å². The molecule has 1 N–H and O–H groups in total. The maximum absolute atomic E-state index is 12.1. The van der Waals surface area contributed by atoms with Crippen LogP contribution >= 0.6 is 0 Å². The summed E-state index contributed by atoms with van der Waals surface area (Å²) in [6, 6.07) is 0. The van der Waals surface area contributed by atoms with Crippen molar-refractivity contribution in [3.8, 4) is 0 Å². The average molecular weight is 133 g/mol. The van der Waals surface area contributed by atoms with Crippen LogP contribution in [-0.4, -0.2) is 24.5 Å². The van der Waals surface area contributed by atoms with Gasteiger partial charge in [0.05, 0.1) is 0 Å². The van der Waals surface area contributed by atoms with Crippen molar-refractivity contribution in [2.24, 2.45) is 0 Å². The Morgan fingerprint density at radius 3 is 2.78 bits per heavy atom. The Bertz CT molecular complexity index is 142. The van der Waals surface area contributed by atoms with Crippen LogP contribution in [0.25, 0.3) is 0 Å². The molecule has 1 aliphatic rings. The molecule has 0 aromatic rings. The molecule has 0 aliphatic carbocycles. The molecule has 1 aliphatic heterocycles. The molecule has 1 amide bonds. The van der Waals surface area contributed by atoms with Gasteiger partial charge in [0.15, 0.2) is 0 Å². The van der Waals surface area contributed by atoms with Gasteiger partial charge in [0.2, 0.25) is 12.0 Å². The predicted octanol–water partition coefficient (Wildman–Crippen LogP) is -1.05. The number of Topliss-reactive ketones (excluding diaryl/α,β-unsaturated/α-hetero) is 1. The lowest BCUT2D eigenvalue weighted by atomic mass is 10.2. The quantitative estimate of drug-likeness (QED) is 0.429. The van der Waals surface area contributed by atoms with Crippen LogP contribution < -0.4 is 5.48 Å². The fourth-order valence-corrected chi connectivity index (χ4v) is 0.449. The van der Waals surface area contributed by atoms with Crippen LogP contribution in [0.4, 0.5) is 4.39 Å². The molecule has 1 saturated heterocycles. The normalized spacial score (nSPS) is 27.9. The molecule has 1 unspecified atom stereocenters. The van der Waals surface area contributed by atoms with Crippen LogP contribution in [0.3, 0.4) is 0 Å². The summed E-state index contributed by atoms with van der Waals surface area (Å²) in [6.45, 7) is -0.382. The number of hydroxylamine groups is 1. The van der Waals surface area contributed by atoms with E-state index < -0.39 is 17.9 Å². The molecule has 0 radical (unpaired) electrons. The Hall–Kier alpha value is -0.970. The van der Waals surface area contributed by atoms with Crippen LogP contribution in [0, 0.1) is 0 Å². The molecule has 0 spiro atoms. The van der Waals surface area contributed by atoms with E-state index in [-0.39, 0.29) is 6.61 Å². The first-order chi connectivity index (χ1) is 4.22. The second-order valence-electron chi connectivity index (χ2n) is 1.58. The molecule has 0 aromatic heterocycles. The smallest absolute Gasteiger partial charge is 0.285 e. The van der Waals surface area contributed by atoms with Gasteiger partial charge in [-0.25, -0.2) is 9.87 Å². The molecule has 0 bridgehead atoms. The van der Waals surface area contributed by atoms with Gasteiger partial charge >= 0.3 is 0 Å². The molecule has 1 fully saturated rings. The highest BCUT2D eigenvalue weighted by Crippen LogP contribution is 1.98. The summed E-state index contributed by atoms with van der Waals surface area (Å²) in [5.74, 6) is -1.86. The number of amides is 1. The zero-order valence-electron chi connectivity index (χ0n) is 4.39. The first-order valence-corrected chi connectivity index (χ1v) is 2.30. The lowest BCUT2D eigenvalue weighted by Crippen LogP contribution is -2.45. The zero-order valence-corrected chi connectivity index (χ0v) is 4.39. The Labute approximate surface area is 49.9 Å². The summed E-state index contributed by atoms with van der Waals surface area (Å²) < 4.78 is 12.1. The lowest BCUT2D eigenvalue weighted by molar-refractivity contribution is -0.156. The average Bonchev–Trinajstić information content (AvgIpc) is 1.83. The molecule has 1 rings (SSSR count). The third-order valence-electron chi connectivity index (χ3n) is 0.900. The number of ketones is 1. The molecule has 9 heavy (non-hydrogen) atoms. The summed E-state index contributed by atoms with van der Waals surface area (Å²) in [7, 11) is 0. The number of carbonyl (C=O) groups is 2. The van der Waals surface area contributed by atoms with Gasteiger partial charge in [-0.05, 0) is 0 Å². The number of hydrogen-bond acceptors (Lipinski definition) is 3. The van der Waals surface area contributed by atoms with Crippen LogP contribution in [0.15, 0.2) is 0 Å². The van der Waals surface area contributed by atoms with Gasteiger partial charge in [-0.15, -0.1) is 0 Å². The second-order valence-corrected chi connectivity index (χ2v) is 1.58. The molecule has 1 heterocycles. The third kappa shape index (κ3) is 1.05. The van der Waals surface area contributed by atoms with Crippen molar-refractivity contribution in [3.05, 3.63) is 0 Å². The van der Waals surface area contributed by atoms with Crippen LogP contribution in [-0.2, 0) is 14.4 Å². The van der Waals surface area contributed by atoms with Gasteiger partial charge in [-0.2, -0.15) is 0 Å². The highest BCUT2D eigenvalue weighted by Gasteiger charge is 2.30. The molecule has 1 atom stereocenters. The first kappa shape index (κ1) is 6.15. The topological polar surface area (TPSA) is 55.4 Å². The minimum absolute atomic E-state index is 0.382. The molecule has 4 nitrogen and oxygen atoms in total. The van der Waals surface area contributed by atoms with Gasteiger partial charge in [-0.3, -0.25) is 14.4 Å². The van der Waals surface area contributed by atoms with Crippen molar-refractivity contribution in [2.75, 3.05) is 6.61 Å². The molecular formula is C4H4FNO3. The second kappa shape index (κ2) is 2.10. The van der Waals surface area contributed by atoms with E-state index in [4.69, 9.17) is 0 Å². The fourth-order valence-electron chi connectivity index (χ4n) is 0.449. The fraction of sp³-hybridized carbons (Fsp3) is 0.500. The van der Waals surface area contributed by atoms with E-state index in [9.17, 15) is 14.0 Å². The number of rotatable bonds is 0. The van der Waals surface area contributed by atoms with Gasteiger partial charge in [0, 0.05) is 0 Å². The van der Waals surface area contributed by atoms with Crippen molar-refractivity contribution in [1.29, 1.82) is 0 Å². The summed E-state index contributed by atoms with van der Waals surface area (Å²) >= 11 is 0. The highest BCUT2D eigenvalue weighted by molar-refractivity contribution is 6.05. The molecule has 50 valence electrons.